The number of rotatable bonds is 6. The Balaban J connectivity index is 1.66. The van der Waals surface area contributed by atoms with Crippen molar-refractivity contribution >= 4 is 23.5 Å². The van der Waals surface area contributed by atoms with E-state index in [1.807, 2.05) is 48.5 Å². The summed E-state index contributed by atoms with van der Waals surface area (Å²) in [5.74, 6) is 2.65. The summed E-state index contributed by atoms with van der Waals surface area (Å²) in [6, 6.07) is 16.5. The van der Waals surface area contributed by atoms with Gasteiger partial charge in [0.15, 0.2) is 0 Å². The van der Waals surface area contributed by atoms with Gasteiger partial charge in [-0.2, -0.15) is 0 Å². The van der Waals surface area contributed by atoms with Gasteiger partial charge in [-0.1, -0.05) is 30.3 Å². The number of hydrogen-bond acceptors (Lipinski definition) is 7. The number of imide groups is 1. The number of carbonyl (C=O) groups is 3. The lowest BCUT2D eigenvalue weighted by Crippen LogP contribution is -2.49. The Morgan fingerprint density at radius 3 is 2.42 bits per heavy atom. The van der Waals surface area contributed by atoms with Crippen molar-refractivity contribution in [2.45, 2.75) is 39.2 Å². The molecule has 0 bridgehead atoms. The molecule has 1 atom stereocenters. The number of ether oxygens (including phenoxy) is 1. The average Bonchev–Trinajstić information content (AvgIpc) is 3.34. The molecule has 0 fully saturated rings. The Morgan fingerprint density at radius 1 is 1.06 bits per heavy atom. The molecular weight excluding hydrogens is 456 g/mol. The van der Waals surface area contributed by atoms with Gasteiger partial charge in [0.25, 0.3) is 11.8 Å². The van der Waals surface area contributed by atoms with E-state index in [0.29, 0.717) is 23.5 Å². The molecule has 1 aliphatic rings. The minimum absolute atomic E-state index is 0.0618. The summed E-state index contributed by atoms with van der Waals surface area (Å²) in [7, 11) is 0. The van der Waals surface area contributed by atoms with Crippen LogP contribution in [0, 0.1) is 5.92 Å². The van der Waals surface area contributed by atoms with Gasteiger partial charge < -0.3 is 10.1 Å². The predicted octanol–water partition coefficient (Wildman–Crippen LogP) is 3.76. The average molecular weight is 487 g/mol. The summed E-state index contributed by atoms with van der Waals surface area (Å²) in [4.78, 5) is 44.2. The van der Waals surface area contributed by atoms with Gasteiger partial charge in [-0.25, -0.2) is 10.9 Å². The van der Waals surface area contributed by atoms with Crippen LogP contribution in [0.25, 0.3) is 11.1 Å². The molecule has 0 radical (unpaired) electrons. The van der Waals surface area contributed by atoms with Crippen molar-refractivity contribution in [3.63, 3.8) is 0 Å². The standard InChI is InChI=1S/C28H30N4O4/c1-28(2,3)36-27(35)23(15-18-7-5-4-6-8-18)26(34)32(29)25(33)22-16-20(19-9-12-30-13-10-19)17-24-21(22)11-14-31-24/h4-10,12-13,16-17,23,31H,11,14-15,29H2,1-3H3/t23-/m0/s1. The number of nitrogens with two attached hydrogens (primary N) is 1. The zero-order chi connectivity index (χ0) is 25.9. The van der Waals surface area contributed by atoms with E-state index in [0.717, 1.165) is 27.9 Å². The highest BCUT2D eigenvalue weighted by Crippen LogP contribution is 2.33. The third-order valence-electron chi connectivity index (χ3n) is 5.91. The molecule has 3 N–H and O–H groups in total. The van der Waals surface area contributed by atoms with Crippen molar-refractivity contribution in [1.82, 2.24) is 9.99 Å². The summed E-state index contributed by atoms with van der Waals surface area (Å²) < 4.78 is 5.51. The molecule has 186 valence electrons. The summed E-state index contributed by atoms with van der Waals surface area (Å²) in [6.45, 7) is 5.84. The van der Waals surface area contributed by atoms with Crippen molar-refractivity contribution in [3.05, 3.63) is 83.7 Å². The van der Waals surface area contributed by atoms with Crippen LogP contribution in [-0.4, -0.2) is 39.9 Å². The Kier molecular flexibility index (Phi) is 7.17. The number of anilines is 1. The molecule has 0 unspecified atom stereocenters. The van der Waals surface area contributed by atoms with E-state index in [9.17, 15) is 14.4 Å². The van der Waals surface area contributed by atoms with E-state index in [1.165, 1.54) is 0 Å². The first-order chi connectivity index (χ1) is 17.1. The first-order valence-corrected chi connectivity index (χ1v) is 11.8. The second-order valence-electron chi connectivity index (χ2n) is 9.75. The Bertz CT molecular complexity index is 1270. The zero-order valence-electron chi connectivity index (χ0n) is 20.7. The Labute approximate surface area is 210 Å². The van der Waals surface area contributed by atoms with Crippen LogP contribution >= 0.6 is 0 Å². The van der Waals surface area contributed by atoms with E-state index in [-0.39, 0.29) is 6.42 Å². The molecule has 2 heterocycles. The number of benzene rings is 2. The van der Waals surface area contributed by atoms with E-state index in [2.05, 4.69) is 10.3 Å². The highest BCUT2D eigenvalue weighted by atomic mass is 16.6. The van der Waals surface area contributed by atoms with Gasteiger partial charge >= 0.3 is 5.97 Å². The summed E-state index contributed by atoms with van der Waals surface area (Å²) in [5, 5.41) is 3.84. The van der Waals surface area contributed by atoms with Crippen LogP contribution in [0.1, 0.15) is 42.3 Å². The van der Waals surface area contributed by atoms with Gasteiger partial charge in [0.05, 0.1) is 0 Å². The summed E-state index contributed by atoms with van der Waals surface area (Å²) in [6.07, 6.45) is 4.03. The lowest BCUT2D eigenvalue weighted by Gasteiger charge is -2.26. The quantitative estimate of drug-likeness (QED) is 0.179. The van der Waals surface area contributed by atoms with Crippen LogP contribution in [0.5, 0.6) is 0 Å². The Hall–Kier alpha value is -4.04. The van der Waals surface area contributed by atoms with Crippen LogP contribution < -0.4 is 11.2 Å². The number of aromatic nitrogens is 1. The van der Waals surface area contributed by atoms with Crippen LogP contribution in [0.2, 0.25) is 0 Å². The summed E-state index contributed by atoms with van der Waals surface area (Å²) >= 11 is 0. The van der Waals surface area contributed by atoms with Gasteiger partial charge in [-0.05, 0) is 80.1 Å². The fourth-order valence-electron chi connectivity index (χ4n) is 4.21. The maximum atomic E-state index is 13.6. The van der Waals surface area contributed by atoms with Crippen molar-refractivity contribution < 1.29 is 19.1 Å². The lowest BCUT2D eigenvalue weighted by molar-refractivity contribution is -0.164. The lowest BCUT2D eigenvalue weighted by atomic mass is 9.95. The van der Waals surface area contributed by atoms with Gasteiger partial charge in [0.1, 0.15) is 11.5 Å². The molecule has 0 saturated heterocycles. The highest BCUT2D eigenvalue weighted by Gasteiger charge is 2.37. The number of pyridine rings is 1. The van der Waals surface area contributed by atoms with Gasteiger partial charge in [-0.15, -0.1) is 0 Å². The normalized spacial score (nSPS) is 13.3. The fourth-order valence-corrected chi connectivity index (χ4v) is 4.21. The van der Waals surface area contributed by atoms with Gasteiger partial charge in [-0.3, -0.25) is 19.4 Å². The molecule has 1 aromatic heterocycles. The summed E-state index contributed by atoms with van der Waals surface area (Å²) in [5.41, 5.74) is 3.56. The molecule has 0 saturated carbocycles. The van der Waals surface area contributed by atoms with E-state index in [1.54, 1.807) is 39.2 Å². The molecule has 0 aliphatic carbocycles. The molecular formula is C28H30N4O4. The molecule has 8 heteroatoms. The number of hydrogen-bond donors (Lipinski definition) is 2. The molecule has 4 rings (SSSR count). The topological polar surface area (TPSA) is 115 Å². The predicted molar refractivity (Wildman–Crippen MR) is 137 cm³/mol. The van der Waals surface area contributed by atoms with Crippen LogP contribution in [0.3, 0.4) is 0 Å². The third kappa shape index (κ3) is 5.60. The molecule has 36 heavy (non-hydrogen) atoms. The van der Waals surface area contributed by atoms with Crippen LogP contribution in [0.4, 0.5) is 5.69 Å². The first kappa shape index (κ1) is 25.1. The minimum Gasteiger partial charge on any atom is -0.459 e. The molecule has 3 aromatic rings. The van der Waals surface area contributed by atoms with Crippen LogP contribution in [-0.2, 0) is 27.2 Å². The fraction of sp³-hybridized carbons (Fsp3) is 0.286. The van der Waals surface area contributed by atoms with Crippen LogP contribution in [0.15, 0.2) is 67.0 Å². The number of fused-ring (bicyclic) bond motifs is 1. The van der Waals surface area contributed by atoms with Crippen molar-refractivity contribution in [3.8, 4) is 11.1 Å². The number of esters is 1. The first-order valence-electron chi connectivity index (χ1n) is 11.8. The highest BCUT2D eigenvalue weighted by molar-refractivity contribution is 6.11. The van der Waals surface area contributed by atoms with Crippen molar-refractivity contribution in [2.24, 2.45) is 11.8 Å². The maximum Gasteiger partial charge on any atom is 0.319 e. The zero-order valence-corrected chi connectivity index (χ0v) is 20.7. The minimum atomic E-state index is -1.27. The van der Waals surface area contributed by atoms with Crippen molar-refractivity contribution in [2.75, 3.05) is 11.9 Å². The largest absolute Gasteiger partial charge is 0.459 e. The molecule has 1 aliphatic heterocycles. The Morgan fingerprint density at radius 2 is 1.75 bits per heavy atom. The second-order valence-corrected chi connectivity index (χ2v) is 9.75. The van der Waals surface area contributed by atoms with E-state index < -0.39 is 29.3 Å². The SMILES string of the molecule is CC(C)(C)OC(=O)[C@@H](Cc1ccccc1)C(=O)N(N)C(=O)c1cc(-c2ccncc2)cc2c1CCN2. The number of carbonyl (C=O) groups excluding carboxylic acids is 3. The third-order valence-corrected chi connectivity index (χ3v) is 5.91. The van der Waals surface area contributed by atoms with Gasteiger partial charge in [0.2, 0.25) is 0 Å². The van der Waals surface area contributed by atoms with Crippen molar-refractivity contribution in [1.29, 1.82) is 0 Å². The molecule has 2 aromatic carbocycles. The molecule has 8 nitrogen and oxygen atoms in total. The van der Waals surface area contributed by atoms with E-state index >= 15 is 0 Å². The maximum absolute atomic E-state index is 13.6. The van der Waals surface area contributed by atoms with E-state index in [4.69, 9.17) is 10.6 Å². The molecule has 2 amide bonds. The smallest absolute Gasteiger partial charge is 0.319 e. The molecule has 0 spiro atoms. The van der Waals surface area contributed by atoms with Gasteiger partial charge in [0, 0.05) is 30.2 Å². The second kappa shape index (κ2) is 10.3. The number of hydrazine groups is 1. The number of amides is 2. The number of nitrogens with zero attached hydrogens (tertiary/aromatic N) is 2. The monoisotopic (exact) mass is 486 g/mol. The number of nitrogens with one attached hydrogen (secondary N) is 1.